The van der Waals surface area contributed by atoms with Crippen molar-refractivity contribution in [2.24, 2.45) is 0 Å². The second-order valence-corrected chi connectivity index (χ2v) is 5.21. The van der Waals surface area contributed by atoms with E-state index in [0.29, 0.717) is 11.2 Å². The Morgan fingerprint density at radius 1 is 1.09 bits per heavy atom. The molecule has 114 valence electrons. The summed E-state index contributed by atoms with van der Waals surface area (Å²) in [7, 11) is 0. The zero-order chi connectivity index (χ0) is 16.0. The molecule has 4 aromatic rings. The van der Waals surface area contributed by atoms with E-state index in [4.69, 9.17) is 5.73 Å². The Bertz CT molecular complexity index is 1080. The zero-order valence-electron chi connectivity index (χ0n) is 12.0. The van der Waals surface area contributed by atoms with E-state index in [1.54, 1.807) is 12.1 Å². The third kappa shape index (κ3) is 2.13. The van der Waals surface area contributed by atoms with Crippen LogP contribution in [0.1, 0.15) is 5.56 Å². The number of nitrogens with two attached hydrogens (primary N) is 1. The Balaban J connectivity index is 1.93. The molecule has 23 heavy (non-hydrogen) atoms. The van der Waals surface area contributed by atoms with Gasteiger partial charge in [0.1, 0.15) is 5.82 Å². The topological polar surface area (TPSA) is 78.2 Å². The van der Waals surface area contributed by atoms with Crippen molar-refractivity contribution in [2.75, 3.05) is 5.73 Å². The maximum Gasteiger partial charge on any atom is 0.353 e. The molecule has 2 aromatic carbocycles. The minimum Gasteiger partial charge on any atom is -0.369 e. The van der Waals surface area contributed by atoms with Crippen LogP contribution in [0.5, 0.6) is 0 Å². The van der Waals surface area contributed by atoms with Crippen LogP contribution >= 0.6 is 0 Å². The van der Waals surface area contributed by atoms with Gasteiger partial charge < -0.3 is 5.73 Å². The lowest BCUT2D eigenvalue weighted by Gasteiger charge is -2.00. The number of aromatic nitrogens is 4. The molecule has 0 amide bonds. The van der Waals surface area contributed by atoms with Crippen LogP contribution in [-0.4, -0.2) is 19.2 Å². The SMILES string of the molecule is Nc1nc2ccccc2c2nn(Cc3ccc(F)cc3)c(=O)n12. The fourth-order valence-corrected chi connectivity index (χ4v) is 2.59. The van der Waals surface area contributed by atoms with Crippen molar-refractivity contribution < 1.29 is 4.39 Å². The zero-order valence-corrected chi connectivity index (χ0v) is 12.0. The van der Waals surface area contributed by atoms with Gasteiger partial charge in [0.05, 0.1) is 12.1 Å². The Morgan fingerprint density at radius 2 is 1.83 bits per heavy atom. The number of rotatable bonds is 2. The van der Waals surface area contributed by atoms with E-state index in [-0.39, 0.29) is 24.0 Å². The summed E-state index contributed by atoms with van der Waals surface area (Å²) < 4.78 is 15.6. The highest BCUT2D eigenvalue weighted by Crippen LogP contribution is 2.17. The van der Waals surface area contributed by atoms with Crippen LogP contribution in [0, 0.1) is 5.82 Å². The summed E-state index contributed by atoms with van der Waals surface area (Å²) in [5.41, 5.74) is 7.43. The molecule has 0 radical (unpaired) electrons. The number of benzene rings is 2. The maximum atomic E-state index is 13.0. The van der Waals surface area contributed by atoms with Crippen molar-refractivity contribution >= 4 is 22.5 Å². The molecule has 0 bridgehead atoms. The van der Waals surface area contributed by atoms with E-state index in [2.05, 4.69) is 10.1 Å². The molecular formula is C16H12FN5O. The smallest absolute Gasteiger partial charge is 0.353 e. The van der Waals surface area contributed by atoms with Crippen molar-refractivity contribution in [2.45, 2.75) is 6.54 Å². The van der Waals surface area contributed by atoms with Gasteiger partial charge in [0.25, 0.3) is 0 Å². The molecule has 0 fully saturated rings. The van der Waals surface area contributed by atoms with Crippen molar-refractivity contribution in [3.05, 3.63) is 70.4 Å². The molecule has 2 N–H and O–H groups in total. The highest BCUT2D eigenvalue weighted by molar-refractivity contribution is 5.91. The van der Waals surface area contributed by atoms with Gasteiger partial charge in [0.15, 0.2) is 5.65 Å². The first-order chi connectivity index (χ1) is 11.1. The minimum absolute atomic E-state index is 0.0917. The summed E-state index contributed by atoms with van der Waals surface area (Å²) in [4.78, 5) is 16.8. The number of nitrogens with zero attached hydrogens (tertiary/aromatic N) is 4. The van der Waals surface area contributed by atoms with E-state index in [9.17, 15) is 9.18 Å². The van der Waals surface area contributed by atoms with Crippen LogP contribution in [0.4, 0.5) is 10.3 Å². The number of fused-ring (bicyclic) bond motifs is 3. The first-order valence-electron chi connectivity index (χ1n) is 7.02. The molecule has 0 unspecified atom stereocenters. The molecule has 0 aliphatic rings. The van der Waals surface area contributed by atoms with E-state index < -0.39 is 0 Å². The maximum absolute atomic E-state index is 13.0. The average Bonchev–Trinajstić information content (AvgIpc) is 2.87. The molecule has 0 aliphatic carbocycles. The van der Waals surface area contributed by atoms with Crippen molar-refractivity contribution in [3.63, 3.8) is 0 Å². The van der Waals surface area contributed by atoms with E-state index >= 15 is 0 Å². The number of para-hydroxylation sites is 1. The molecule has 4 rings (SSSR count). The van der Waals surface area contributed by atoms with Crippen molar-refractivity contribution in [3.8, 4) is 0 Å². The highest BCUT2D eigenvalue weighted by atomic mass is 19.1. The summed E-state index contributed by atoms with van der Waals surface area (Å²) in [6.07, 6.45) is 0. The van der Waals surface area contributed by atoms with Gasteiger partial charge >= 0.3 is 5.69 Å². The molecule has 6 nitrogen and oxygen atoms in total. The van der Waals surface area contributed by atoms with Crippen molar-refractivity contribution in [1.82, 2.24) is 19.2 Å². The fraction of sp³-hybridized carbons (Fsp3) is 0.0625. The monoisotopic (exact) mass is 309 g/mol. The first kappa shape index (κ1) is 13.4. The summed E-state index contributed by atoms with van der Waals surface area (Å²) in [6, 6.07) is 13.3. The first-order valence-corrected chi connectivity index (χ1v) is 7.02. The van der Waals surface area contributed by atoms with Gasteiger partial charge in [-0.05, 0) is 29.8 Å². The van der Waals surface area contributed by atoms with Gasteiger partial charge in [0.2, 0.25) is 5.95 Å². The highest BCUT2D eigenvalue weighted by Gasteiger charge is 2.14. The predicted molar refractivity (Wildman–Crippen MR) is 84.7 cm³/mol. The number of nitrogen functional groups attached to an aromatic ring is 1. The van der Waals surface area contributed by atoms with Crippen LogP contribution in [0.2, 0.25) is 0 Å². The number of hydrogen-bond acceptors (Lipinski definition) is 4. The van der Waals surface area contributed by atoms with Crippen LogP contribution in [0.15, 0.2) is 53.3 Å². The fourth-order valence-electron chi connectivity index (χ4n) is 2.59. The number of anilines is 1. The lowest BCUT2D eigenvalue weighted by Crippen LogP contribution is -2.23. The normalized spacial score (nSPS) is 11.3. The second-order valence-electron chi connectivity index (χ2n) is 5.21. The Hall–Kier alpha value is -3.22. The largest absolute Gasteiger partial charge is 0.369 e. The van der Waals surface area contributed by atoms with Crippen LogP contribution in [-0.2, 0) is 6.54 Å². The lowest BCUT2D eigenvalue weighted by molar-refractivity contribution is 0.622. The number of hydrogen-bond donors (Lipinski definition) is 1. The van der Waals surface area contributed by atoms with E-state index in [1.807, 2.05) is 24.3 Å². The molecule has 7 heteroatoms. The van der Waals surface area contributed by atoms with Crippen LogP contribution in [0.25, 0.3) is 16.6 Å². The van der Waals surface area contributed by atoms with Gasteiger partial charge in [-0.3, -0.25) is 0 Å². The van der Waals surface area contributed by atoms with Gasteiger partial charge in [-0.1, -0.05) is 24.3 Å². The summed E-state index contributed by atoms with van der Waals surface area (Å²) in [5, 5.41) is 5.12. The predicted octanol–water partition coefficient (Wildman–Crippen LogP) is 1.81. The molecule has 0 aliphatic heterocycles. The van der Waals surface area contributed by atoms with Gasteiger partial charge in [0, 0.05) is 5.39 Å². The molecule has 0 spiro atoms. The minimum atomic E-state index is -0.375. The quantitative estimate of drug-likeness (QED) is 0.612. The molecule has 0 saturated heterocycles. The Labute approximate surface area is 129 Å². The van der Waals surface area contributed by atoms with E-state index in [0.717, 1.165) is 10.9 Å². The standard InChI is InChI=1S/C16H12FN5O/c17-11-7-5-10(6-8-11)9-21-16(23)22-14(20-21)12-3-1-2-4-13(12)19-15(22)18/h1-8H,9H2,(H2,18,19). The molecule has 2 aromatic heterocycles. The van der Waals surface area contributed by atoms with Gasteiger partial charge in [-0.2, -0.15) is 0 Å². The molecule has 2 heterocycles. The third-order valence-electron chi connectivity index (χ3n) is 3.69. The summed E-state index contributed by atoms with van der Waals surface area (Å²) in [5.74, 6) is -0.232. The van der Waals surface area contributed by atoms with Gasteiger partial charge in [-0.25, -0.2) is 23.3 Å². The van der Waals surface area contributed by atoms with Gasteiger partial charge in [-0.15, -0.1) is 5.10 Å². The second kappa shape index (κ2) is 4.91. The molecular weight excluding hydrogens is 297 g/mol. The number of halogens is 1. The lowest BCUT2D eigenvalue weighted by atomic mass is 10.2. The van der Waals surface area contributed by atoms with Crippen LogP contribution < -0.4 is 11.4 Å². The third-order valence-corrected chi connectivity index (χ3v) is 3.69. The Kier molecular flexibility index (Phi) is 2.87. The summed E-state index contributed by atoms with van der Waals surface area (Å²) >= 11 is 0. The van der Waals surface area contributed by atoms with Crippen LogP contribution in [0.3, 0.4) is 0 Å². The Morgan fingerprint density at radius 3 is 2.61 bits per heavy atom. The molecule has 0 atom stereocenters. The van der Waals surface area contributed by atoms with E-state index in [1.165, 1.54) is 21.2 Å². The average molecular weight is 309 g/mol. The molecule has 0 saturated carbocycles. The summed E-state index contributed by atoms with van der Waals surface area (Å²) in [6.45, 7) is 0.231. The van der Waals surface area contributed by atoms with Crippen molar-refractivity contribution in [1.29, 1.82) is 0 Å².